The summed E-state index contributed by atoms with van der Waals surface area (Å²) in [6, 6.07) is 9.30. The van der Waals surface area contributed by atoms with E-state index in [4.69, 9.17) is 5.73 Å². The van der Waals surface area contributed by atoms with E-state index >= 15 is 0 Å². The van der Waals surface area contributed by atoms with E-state index in [0.717, 1.165) is 16.7 Å². The van der Waals surface area contributed by atoms with Crippen LogP contribution in [0.5, 0.6) is 0 Å². The molecule has 5 rings (SSSR count). The quantitative estimate of drug-likeness (QED) is 0.338. The van der Waals surface area contributed by atoms with Crippen LogP contribution in [-0.4, -0.2) is 63.2 Å². The molecule has 0 radical (unpaired) electrons. The highest BCUT2D eigenvalue weighted by Crippen LogP contribution is 2.19. The zero-order valence-electron chi connectivity index (χ0n) is 17.8. The minimum absolute atomic E-state index is 0.0879. The fraction of sp³-hybridized carbons (Fsp3) is 0.190. The number of carbonyl (C=O) groups excluding carboxylic acids is 1. The lowest BCUT2D eigenvalue weighted by atomic mass is 10.1. The van der Waals surface area contributed by atoms with E-state index in [1.807, 2.05) is 41.3 Å². The molecule has 4 N–H and O–H groups in total. The molecule has 1 aromatic carbocycles. The van der Waals surface area contributed by atoms with Crippen LogP contribution in [0.15, 0.2) is 49.1 Å². The van der Waals surface area contributed by atoms with E-state index in [1.165, 1.54) is 6.33 Å². The molecule has 0 unspecified atom stereocenters. The summed E-state index contributed by atoms with van der Waals surface area (Å²) in [6.07, 6.45) is 5.83. The molecule has 0 bridgehead atoms. The molecule has 0 fully saturated rings. The molecular formula is C21H21N11O. The number of pyridine rings is 1. The van der Waals surface area contributed by atoms with Crippen molar-refractivity contribution < 1.29 is 4.79 Å². The van der Waals surface area contributed by atoms with Crippen LogP contribution in [-0.2, 0) is 19.5 Å². The Bertz CT molecular complexity index is 1390. The Hall–Kier alpha value is -4.61. The second-order valence-corrected chi connectivity index (χ2v) is 7.73. The summed E-state index contributed by atoms with van der Waals surface area (Å²) in [6.45, 7) is 0.945. The Morgan fingerprint density at radius 3 is 2.82 bits per heavy atom. The Morgan fingerprint density at radius 1 is 1.18 bits per heavy atom. The van der Waals surface area contributed by atoms with Crippen molar-refractivity contribution in [2.75, 3.05) is 12.8 Å². The highest BCUT2D eigenvalue weighted by Gasteiger charge is 2.14. The molecule has 0 aliphatic rings. The number of hydrogen-bond acceptors (Lipinski definition) is 8. The number of amides is 1. The fourth-order valence-corrected chi connectivity index (χ4v) is 3.63. The van der Waals surface area contributed by atoms with Gasteiger partial charge >= 0.3 is 0 Å². The maximum absolute atomic E-state index is 12.6. The summed E-state index contributed by atoms with van der Waals surface area (Å²) < 4.78 is 1.85. The first kappa shape index (κ1) is 20.3. The summed E-state index contributed by atoms with van der Waals surface area (Å²) in [5.74, 6) is 0.961. The van der Waals surface area contributed by atoms with Gasteiger partial charge in [0.15, 0.2) is 5.65 Å². The first-order chi connectivity index (χ1) is 16.0. The molecule has 5 aromatic rings. The lowest BCUT2D eigenvalue weighted by molar-refractivity contribution is 0.0781. The van der Waals surface area contributed by atoms with Gasteiger partial charge in [-0.25, -0.2) is 15.1 Å². The first-order valence-corrected chi connectivity index (χ1v) is 10.2. The SMILES string of the molecule is CN(Cc1ncn[nH]1)C(=O)c1ccc(Cn2cc(Cc3cc(N)nc4[nH]nnc34)cn2)cc1. The Labute approximate surface area is 187 Å². The molecule has 0 saturated heterocycles. The van der Waals surface area contributed by atoms with Gasteiger partial charge in [0.1, 0.15) is 23.5 Å². The predicted molar refractivity (Wildman–Crippen MR) is 119 cm³/mol. The van der Waals surface area contributed by atoms with E-state index < -0.39 is 0 Å². The zero-order valence-corrected chi connectivity index (χ0v) is 17.8. The number of anilines is 1. The van der Waals surface area contributed by atoms with Crippen LogP contribution < -0.4 is 5.73 Å². The number of nitrogens with zero attached hydrogens (tertiary/aromatic N) is 8. The topological polar surface area (TPSA) is 160 Å². The largest absolute Gasteiger partial charge is 0.384 e. The number of benzene rings is 1. The normalized spacial score (nSPS) is 11.2. The minimum Gasteiger partial charge on any atom is -0.384 e. The van der Waals surface area contributed by atoms with E-state index in [2.05, 4.69) is 40.7 Å². The minimum atomic E-state index is -0.0879. The number of aromatic amines is 2. The highest BCUT2D eigenvalue weighted by molar-refractivity contribution is 5.94. The molecule has 1 amide bonds. The molecule has 0 atom stereocenters. The maximum Gasteiger partial charge on any atom is 0.254 e. The molecule has 4 aromatic heterocycles. The average Bonchev–Trinajstić information content (AvgIpc) is 3.56. The van der Waals surface area contributed by atoms with Crippen molar-refractivity contribution in [3.63, 3.8) is 0 Å². The van der Waals surface area contributed by atoms with Crippen LogP contribution in [0.4, 0.5) is 5.82 Å². The zero-order chi connectivity index (χ0) is 22.8. The maximum atomic E-state index is 12.6. The Kier molecular flexibility index (Phi) is 5.23. The van der Waals surface area contributed by atoms with Crippen molar-refractivity contribution in [2.24, 2.45) is 0 Å². The fourth-order valence-electron chi connectivity index (χ4n) is 3.63. The van der Waals surface area contributed by atoms with E-state index in [1.54, 1.807) is 18.0 Å². The standard InChI is InChI=1S/C21H21N11O/c1-31(11-18-23-12-24-27-18)21(33)15-4-2-13(3-5-15)9-32-10-14(8-25-32)6-16-7-17(22)26-20-19(16)28-30-29-20/h2-5,7-8,10,12H,6,9,11H2,1H3,(H,23,24,27)(H3,22,26,28,29,30). The number of H-pyrrole nitrogens is 2. The first-order valence-electron chi connectivity index (χ1n) is 10.2. The molecule has 0 aliphatic heterocycles. The summed E-state index contributed by atoms with van der Waals surface area (Å²) >= 11 is 0. The van der Waals surface area contributed by atoms with E-state index in [0.29, 0.717) is 47.9 Å². The van der Waals surface area contributed by atoms with Crippen LogP contribution in [0.1, 0.15) is 32.9 Å². The van der Waals surface area contributed by atoms with Crippen molar-refractivity contribution in [1.29, 1.82) is 0 Å². The monoisotopic (exact) mass is 443 g/mol. The summed E-state index contributed by atoms with van der Waals surface area (Å²) in [5.41, 5.74) is 10.7. The molecular weight excluding hydrogens is 422 g/mol. The number of hydrogen-bond donors (Lipinski definition) is 3. The van der Waals surface area contributed by atoms with Crippen molar-refractivity contribution in [1.82, 2.24) is 50.3 Å². The highest BCUT2D eigenvalue weighted by atomic mass is 16.2. The third kappa shape index (κ3) is 4.39. The molecule has 12 heteroatoms. The van der Waals surface area contributed by atoms with Gasteiger partial charge < -0.3 is 10.6 Å². The predicted octanol–water partition coefficient (Wildman–Crippen LogP) is 1.16. The van der Waals surface area contributed by atoms with Gasteiger partial charge in [-0.3, -0.25) is 14.6 Å². The van der Waals surface area contributed by atoms with Crippen LogP contribution in [0.3, 0.4) is 0 Å². The average molecular weight is 443 g/mol. The van der Waals surface area contributed by atoms with Crippen molar-refractivity contribution in [3.8, 4) is 0 Å². The van der Waals surface area contributed by atoms with Gasteiger partial charge in [-0.1, -0.05) is 17.3 Å². The van der Waals surface area contributed by atoms with Gasteiger partial charge in [-0.2, -0.15) is 10.2 Å². The van der Waals surface area contributed by atoms with Crippen molar-refractivity contribution >= 4 is 22.9 Å². The molecule has 0 spiro atoms. The number of rotatable bonds is 7. The summed E-state index contributed by atoms with van der Waals surface area (Å²) in [5, 5.41) is 21.7. The van der Waals surface area contributed by atoms with Crippen LogP contribution in [0.25, 0.3) is 11.2 Å². The molecule has 4 heterocycles. The van der Waals surface area contributed by atoms with Crippen LogP contribution in [0.2, 0.25) is 0 Å². The van der Waals surface area contributed by atoms with E-state index in [9.17, 15) is 4.79 Å². The molecule has 166 valence electrons. The number of aromatic nitrogens is 9. The van der Waals surface area contributed by atoms with E-state index in [-0.39, 0.29) is 5.91 Å². The van der Waals surface area contributed by atoms with Crippen LogP contribution >= 0.6 is 0 Å². The number of fused-ring (bicyclic) bond motifs is 1. The van der Waals surface area contributed by atoms with Crippen molar-refractivity contribution in [2.45, 2.75) is 19.5 Å². The van der Waals surface area contributed by atoms with Gasteiger partial charge in [0.25, 0.3) is 5.91 Å². The smallest absolute Gasteiger partial charge is 0.254 e. The summed E-state index contributed by atoms with van der Waals surface area (Å²) in [4.78, 5) is 22.5. The number of nitrogen functional groups attached to an aromatic ring is 1. The van der Waals surface area contributed by atoms with Gasteiger partial charge in [-0.15, -0.1) is 5.10 Å². The summed E-state index contributed by atoms with van der Waals surface area (Å²) in [7, 11) is 1.73. The molecule has 0 saturated carbocycles. The van der Waals surface area contributed by atoms with Gasteiger partial charge in [0.05, 0.1) is 19.3 Å². The van der Waals surface area contributed by atoms with Gasteiger partial charge in [0, 0.05) is 25.2 Å². The third-order valence-electron chi connectivity index (χ3n) is 5.22. The number of nitrogens with two attached hydrogens (primary N) is 1. The lowest BCUT2D eigenvalue weighted by Crippen LogP contribution is -2.26. The van der Waals surface area contributed by atoms with Gasteiger partial charge in [-0.05, 0) is 34.9 Å². The number of carbonyl (C=O) groups is 1. The molecule has 33 heavy (non-hydrogen) atoms. The molecule has 0 aliphatic carbocycles. The second-order valence-electron chi connectivity index (χ2n) is 7.73. The third-order valence-corrected chi connectivity index (χ3v) is 5.22. The van der Waals surface area contributed by atoms with Gasteiger partial charge in [0.2, 0.25) is 0 Å². The van der Waals surface area contributed by atoms with Crippen LogP contribution in [0, 0.1) is 0 Å². The van der Waals surface area contributed by atoms with Crippen molar-refractivity contribution in [3.05, 3.63) is 77.1 Å². The number of nitrogens with one attached hydrogen (secondary N) is 2. The Morgan fingerprint density at radius 2 is 2.03 bits per heavy atom. The second kappa shape index (κ2) is 8.49. The molecule has 12 nitrogen and oxygen atoms in total. The Balaban J connectivity index is 1.24. The lowest BCUT2D eigenvalue weighted by Gasteiger charge is -2.15.